The summed E-state index contributed by atoms with van der Waals surface area (Å²) in [7, 11) is 0. The average molecular weight is 273 g/mol. The van der Waals surface area contributed by atoms with Crippen molar-refractivity contribution >= 4 is 17.0 Å². The van der Waals surface area contributed by atoms with Gasteiger partial charge in [0.05, 0.1) is 16.7 Å². The third-order valence-corrected chi connectivity index (χ3v) is 3.36. The second-order valence-electron chi connectivity index (χ2n) is 4.83. The highest BCUT2D eigenvalue weighted by Gasteiger charge is 2.14. The van der Waals surface area contributed by atoms with Crippen LogP contribution in [0.3, 0.4) is 0 Å². The molecule has 0 aliphatic carbocycles. The standard InChI is InChI=1S/C15H13F2N3/c1-8-6-14-12(7-11(8)17)19-15(18)20(14)13-4-3-10(16)5-9(13)2/h3-7H,1-2H3,(H2,18,19). The maximum Gasteiger partial charge on any atom is 0.205 e. The largest absolute Gasteiger partial charge is 0.369 e. The van der Waals surface area contributed by atoms with Crippen molar-refractivity contribution in [2.24, 2.45) is 0 Å². The van der Waals surface area contributed by atoms with E-state index in [1.807, 2.05) is 0 Å². The van der Waals surface area contributed by atoms with Crippen molar-refractivity contribution < 1.29 is 8.78 Å². The van der Waals surface area contributed by atoms with Gasteiger partial charge in [0, 0.05) is 6.07 Å². The van der Waals surface area contributed by atoms with E-state index >= 15 is 0 Å². The number of halogens is 2. The van der Waals surface area contributed by atoms with Crippen molar-refractivity contribution in [2.75, 3.05) is 5.73 Å². The molecule has 0 radical (unpaired) electrons. The van der Waals surface area contributed by atoms with E-state index in [0.29, 0.717) is 16.6 Å². The minimum atomic E-state index is -0.321. The quantitative estimate of drug-likeness (QED) is 0.737. The molecule has 0 bridgehead atoms. The number of aromatic nitrogens is 2. The van der Waals surface area contributed by atoms with Gasteiger partial charge < -0.3 is 5.73 Å². The number of fused-ring (bicyclic) bond motifs is 1. The number of nitrogens with two attached hydrogens (primary N) is 1. The maximum atomic E-state index is 13.6. The number of aryl methyl sites for hydroxylation is 2. The maximum absolute atomic E-state index is 13.6. The van der Waals surface area contributed by atoms with Gasteiger partial charge in [-0.3, -0.25) is 4.57 Å². The Hall–Kier alpha value is -2.43. The Morgan fingerprint density at radius 2 is 1.80 bits per heavy atom. The van der Waals surface area contributed by atoms with Crippen LogP contribution in [-0.2, 0) is 0 Å². The Bertz CT molecular complexity index is 822. The van der Waals surface area contributed by atoms with E-state index in [4.69, 9.17) is 5.73 Å². The first-order chi connectivity index (χ1) is 9.47. The van der Waals surface area contributed by atoms with E-state index in [2.05, 4.69) is 4.98 Å². The first-order valence-electron chi connectivity index (χ1n) is 6.18. The van der Waals surface area contributed by atoms with E-state index in [1.165, 1.54) is 18.2 Å². The van der Waals surface area contributed by atoms with Crippen molar-refractivity contribution in [3.8, 4) is 5.69 Å². The summed E-state index contributed by atoms with van der Waals surface area (Å²) in [6.45, 7) is 3.47. The summed E-state index contributed by atoms with van der Waals surface area (Å²) < 4.78 is 28.5. The van der Waals surface area contributed by atoms with Gasteiger partial charge >= 0.3 is 0 Å². The Kier molecular flexibility index (Phi) is 2.71. The number of anilines is 1. The van der Waals surface area contributed by atoms with Crippen LogP contribution in [-0.4, -0.2) is 9.55 Å². The lowest BCUT2D eigenvalue weighted by molar-refractivity contribution is 0.620. The van der Waals surface area contributed by atoms with Crippen LogP contribution in [0.5, 0.6) is 0 Å². The Morgan fingerprint density at radius 1 is 1.05 bits per heavy atom. The summed E-state index contributed by atoms with van der Waals surface area (Å²) in [6, 6.07) is 7.48. The molecular formula is C15H13F2N3. The molecule has 0 saturated carbocycles. The first kappa shape index (κ1) is 12.6. The number of hydrogen-bond acceptors (Lipinski definition) is 2. The summed E-state index contributed by atoms with van der Waals surface area (Å²) in [5.41, 5.74) is 9.09. The first-order valence-corrected chi connectivity index (χ1v) is 6.18. The van der Waals surface area contributed by atoms with Crippen molar-refractivity contribution in [3.63, 3.8) is 0 Å². The highest BCUT2D eigenvalue weighted by molar-refractivity contribution is 5.82. The predicted molar refractivity (Wildman–Crippen MR) is 74.9 cm³/mol. The van der Waals surface area contributed by atoms with E-state index in [1.54, 1.807) is 30.5 Å². The summed E-state index contributed by atoms with van der Waals surface area (Å²) in [5, 5.41) is 0. The molecule has 1 heterocycles. The van der Waals surface area contributed by atoms with Crippen molar-refractivity contribution in [1.29, 1.82) is 0 Å². The second kappa shape index (κ2) is 4.30. The van der Waals surface area contributed by atoms with Crippen LogP contribution in [0.1, 0.15) is 11.1 Å². The fraction of sp³-hybridized carbons (Fsp3) is 0.133. The predicted octanol–water partition coefficient (Wildman–Crippen LogP) is 3.50. The van der Waals surface area contributed by atoms with Crippen LogP contribution in [0.25, 0.3) is 16.7 Å². The van der Waals surface area contributed by atoms with Gasteiger partial charge in [-0.25, -0.2) is 13.8 Å². The topological polar surface area (TPSA) is 43.8 Å². The van der Waals surface area contributed by atoms with Crippen LogP contribution in [0.4, 0.5) is 14.7 Å². The molecular weight excluding hydrogens is 260 g/mol. The van der Waals surface area contributed by atoms with Crippen LogP contribution >= 0.6 is 0 Å². The number of imidazole rings is 1. The number of nitrogen functional groups attached to an aromatic ring is 1. The molecule has 1 aromatic heterocycles. The molecule has 2 N–H and O–H groups in total. The molecule has 102 valence electrons. The minimum Gasteiger partial charge on any atom is -0.369 e. The van der Waals surface area contributed by atoms with Gasteiger partial charge in [0.25, 0.3) is 0 Å². The number of rotatable bonds is 1. The smallest absolute Gasteiger partial charge is 0.205 e. The van der Waals surface area contributed by atoms with Crippen LogP contribution in [0.15, 0.2) is 30.3 Å². The van der Waals surface area contributed by atoms with Gasteiger partial charge in [0.15, 0.2) is 0 Å². The van der Waals surface area contributed by atoms with Crippen molar-refractivity contribution in [2.45, 2.75) is 13.8 Å². The lowest BCUT2D eigenvalue weighted by atomic mass is 10.1. The molecule has 20 heavy (non-hydrogen) atoms. The highest BCUT2D eigenvalue weighted by Crippen LogP contribution is 2.27. The average Bonchev–Trinajstić information content (AvgIpc) is 2.66. The normalized spacial score (nSPS) is 11.2. The van der Waals surface area contributed by atoms with E-state index in [9.17, 15) is 8.78 Å². The summed E-state index contributed by atoms with van der Waals surface area (Å²) in [5.74, 6) is -0.380. The molecule has 0 atom stereocenters. The summed E-state index contributed by atoms with van der Waals surface area (Å²) in [6.07, 6.45) is 0. The fourth-order valence-corrected chi connectivity index (χ4v) is 2.34. The SMILES string of the molecule is Cc1cc2c(cc1F)nc(N)n2-c1ccc(F)cc1C. The number of hydrogen-bond donors (Lipinski definition) is 1. The lowest BCUT2D eigenvalue weighted by Crippen LogP contribution is -2.03. The minimum absolute atomic E-state index is 0.250. The third kappa shape index (κ3) is 1.82. The van der Waals surface area contributed by atoms with E-state index in [0.717, 1.165) is 11.3 Å². The molecule has 0 aliphatic rings. The van der Waals surface area contributed by atoms with Crippen molar-refractivity contribution in [3.05, 3.63) is 53.1 Å². The van der Waals surface area contributed by atoms with Crippen molar-refractivity contribution in [1.82, 2.24) is 9.55 Å². The lowest BCUT2D eigenvalue weighted by Gasteiger charge is -2.10. The van der Waals surface area contributed by atoms with Gasteiger partial charge in [0.2, 0.25) is 5.95 Å². The van der Waals surface area contributed by atoms with Crippen LogP contribution in [0.2, 0.25) is 0 Å². The molecule has 3 nitrogen and oxygen atoms in total. The van der Waals surface area contributed by atoms with Gasteiger partial charge in [-0.05, 0) is 49.2 Å². The Morgan fingerprint density at radius 3 is 2.50 bits per heavy atom. The van der Waals surface area contributed by atoms with Gasteiger partial charge in [-0.1, -0.05) is 0 Å². The van der Waals surface area contributed by atoms with Gasteiger partial charge in [-0.2, -0.15) is 0 Å². The third-order valence-electron chi connectivity index (χ3n) is 3.36. The monoisotopic (exact) mass is 273 g/mol. The molecule has 3 rings (SSSR count). The molecule has 0 aliphatic heterocycles. The summed E-state index contributed by atoms with van der Waals surface area (Å²) >= 11 is 0. The zero-order valence-corrected chi connectivity index (χ0v) is 11.1. The molecule has 0 amide bonds. The molecule has 0 unspecified atom stereocenters. The number of benzene rings is 2. The molecule has 0 fully saturated rings. The van der Waals surface area contributed by atoms with Crippen LogP contribution < -0.4 is 5.73 Å². The highest BCUT2D eigenvalue weighted by atomic mass is 19.1. The Labute approximate surface area is 114 Å². The zero-order valence-electron chi connectivity index (χ0n) is 11.1. The molecule has 2 aromatic carbocycles. The van der Waals surface area contributed by atoms with Gasteiger partial charge in [-0.15, -0.1) is 0 Å². The number of nitrogens with zero attached hydrogens (tertiary/aromatic N) is 2. The van der Waals surface area contributed by atoms with E-state index in [-0.39, 0.29) is 17.6 Å². The summed E-state index contributed by atoms with van der Waals surface area (Å²) in [4.78, 5) is 4.16. The van der Waals surface area contributed by atoms with E-state index < -0.39 is 0 Å². The molecule has 0 spiro atoms. The molecule has 0 saturated heterocycles. The fourth-order valence-electron chi connectivity index (χ4n) is 2.34. The van der Waals surface area contributed by atoms with Crippen LogP contribution in [0, 0.1) is 25.5 Å². The van der Waals surface area contributed by atoms with Gasteiger partial charge in [0.1, 0.15) is 11.6 Å². The second-order valence-corrected chi connectivity index (χ2v) is 4.83. The molecule has 3 aromatic rings. The zero-order chi connectivity index (χ0) is 14.4. The molecule has 5 heteroatoms. The Balaban J connectivity index is 2.35.